The van der Waals surface area contributed by atoms with Crippen LogP contribution in [0.1, 0.15) is 33.1 Å². The lowest BCUT2D eigenvalue weighted by Gasteiger charge is -2.15. The summed E-state index contributed by atoms with van der Waals surface area (Å²) in [6.45, 7) is 11.9. The Morgan fingerprint density at radius 3 is 2.57 bits per heavy atom. The molecule has 80 valence electrons. The summed E-state index contributed by atoms with van der Waals surface area (Å²) in [5.41, 5.74) is 0.950. The predicted molar refractivity (Wildman–Crippen MR) is 59.0 cm³/mol. The third-order valence-electron chi connectivity index (χ3n) is 2.04. The first kappa shape index (κ1) is 12.9. The summed E-state index contributed by atoms with van der Waals surface area (Å²) in [5.74, 6) is -0.377. The standard InChI is InChI=1S/C12H20O2/c1-5-8-10(4)11(9-6-2)12(13)14-7-3/h6,11H,2,4-5,7-9H2,1,3H3. The number of hydrogen-bond donors (Lipinski definition) is 0. The first-order valence-corrected chi connectivity index (χ1v) is 5.12. The number of carbonyl (C=O) groups excluding carboxylic acids is 1. The largest absolute Gasteiger partial charge is 0.466 e. The fourth-order valence-corrected chi connectivity index (χ4v) is 1.33. The van der Waals surface area contributed by atoms with E-state index in [2.05, 4.69) is 20.1 Å². The second-order valence-corrected chi connectivity index (χ2v) is 3.24. The minimum atomic E-state index is -0.201. The number of ether oxygens (including phenoxy) is 1. The van der Waals surface area contributed by atoms with Crippen LogP contribution in [0.3, 0.4) is 0 Å². The molecule has 0 aromatic heterocycles. The van der Waals surface area contributed by atoms with Gasteiger partial charge < -0.3 is 4.74 Å². The lowest BCUT2D eigenvalue weighted by atomic mass is 9.94. The molecular formula is C12H20O2. The van der Waals surface area contributed by atoms with Crippen molar-refractivity contribution in [1.82, 2.24) is 0 Å². The van der Waals surface area contributed by atoms with Gasteiger partial charge in [-0.05, 0) is 19.8 Å². The average molecular weight is 196 g/mol. The highest BCUT2D eigenvalue weighted by Gasteiger charge is 2.20. The number of carbonyl (C=O) groups is 1. The molecule has 0 rings (SSSR count). The lowest BCUT2D eigenvalue weighted by molar-refractivity contribution is -0.146. The summed E-state index contributed by atoms with van der Waals surface area (Å²) in [6, 6.07) is 0. The van der Waals surface area contributed by atoms with Gasteiger partial charge in [-0.3, -0.25) is 4.79 Å². The first-order chi connectivity index (χ1) is 6.67. The molecule has 0 amide bonds. The summed E-state index contributed by atoms with van der Waals surface area (Å²) >= 11 is 0. The van der Waals surface area contributed by atoms with E-state index in [1.807, 2.05) is 6.92 Å². The van der Waals surface area contributed by atoms with E-state index in [1.165, 1.54) is 0 Å². The van der Waals surface area contributed by atoms with Gasteiger partial charge in [0, 0.05) is 0 Å². The van der Waals surface area contributed by atoms with Crippen LogP contribution >= 0.6 is 0 Å². The van der Waals surface area contributed by atoms with Gasteiger partial charge in [-0.15, -0.1) is 6.58 Å². The van der Waals surface area contributed by atoms with Crippen molar-refractivity contribution >= 4 is 5.97 Å². The Labute approximate surface area is 86.6 Å². The van der Waals surface area contributed by atoms with Crippen LogP contribution in [0.25, 0.3) is 0 Å². The molecule has 0 fully saturated rings. The van der Waals surface area contributed by atoms with Crippen molar-refractivity contribution in [2.45, 2.75) is 33.1 Å². The third kappa shape index (κ3) is 4.26. The zero-order valence-electron chi connectivity index (χ0n) is 9.21. The van der Waals surface area contributed by atoms with Crippen molar-refractivity contribution in [3.63, 3.8) is 0 Å². The molecule has 0 aromatic rings. The van der Waals surface area contributed by atoms with E-state index < -0.39 is 0 Å². The van der Waals surface area contributed by atoms with Crippen molar-refractivity contribution in [2.24, 2.45) is 5.92 Å². The van der Waals surface area contributed by atoms with E-state index in [9.17, 15) is 4.79 Å². The molecule has 1 unspecified atom stereocenters. The molecule has 0 heterocycles. The normalized spacial score (nSPS) is 11.9. The molecule has 0 radical (unpaired) electrons. The SMILES string of the molecule is C=CCC(C(=C)CCC)C(=O)OCC. The molecule has 0 saturated carbocycles. The number of rotatable bonds is 7. The summed E-state index contributed by atoms with van der Waals surface area (Å²) in [4.78, 5) is 11.5. The van der Waals surface area contributed by atoms with E-state index in [1.54, 1.807) is 6.08 Å². The molecule has 0 aliphatic rings. The van der Waals surface area contributed by atoms with E-state index in [0.29, 0.717) is 13.0 Å². The number of allylic oxidation sites excluding steroid dienone is 1. The van der Waals surface area contributed by atoms with E-state index >= 15 is 0 Å². The highest BCUT2D eigenvalue weighted by Crippen LogP contribution is 2.20. The Hall–Kier alpha value is -1.05. The Bertz CT molecular complexity index is 188. The van der Waals surface area contributed by atoms with Gasteiger partial charge in [0.25, 0.3) is 0 Å². The average Bonchev–Trinajstić information content (AvgIpc) is 2.14. The summed E-state index contributed by atoms with van der Waals surface area (Å²) in [7, 11) is 0. The number of hydrogen-bond acceptors (Lipinski definition) is 2. The highest BCUT2D eigenvalue weighted by atomic mass is 16.5. The molecule has 14 heavy (non-hydrogen) atoms. The lowest BCUT2D eigenvalue weighted by Crippen LogP contribution is -2.19. The van der Waals surface area contributed by atoms with Crippen LogP contribution in [-0.2, 0) is 9.53 Å². The maximum absolute atomic E-state index is 11.5. The van der Waals surface area contributed by atoms with Crippen molar-refractivity contribution in [2.75, 3.05) is 6.61 Å². The topological polar surface area (TPSA) is 26.3 Å². The Kier molecular flexibility index (Phi) is 6.81. The molecule has 0 spiro atoms. The highest BCUT2D eigenvalue weighted by molar-refractivity contribution is 5.75. The Morgan fingerprint density at radius 2 is 2.14 bits per heavy atom. The second kappa shape index (κ2) is 7.36. The maximum atomic E-state index is 11.5. The molecule has 0 saturated heterocycles. The van der Waals surface area contributed by atoms with Crippen LogP contribution in [0.15, 0.2) is 24.8 Å². The Balaban J connectivity index is 4.33. The zero-order chi connectivity index (χ0) is 11.0. The molecule has 2 heteroatoms. The van der Waals surface area contributed by atoms with Crippen LogP contribution in [0.2, 0.25) is 0 Å². The van der Waals surface area contributed by atoms with Crippen LogP contribution in [0.5, 0.6) is 0 Å². The van der Waals surface area contributed by atoms with Gasteiger partial charge in [0.1, 0.15) is 0 Å². The zero-order valence-corrected chi connectivity index (χ0v) is 9.21. The fourth-order valence-electron chi connectivity index (χ4n) is 1.33. The van der Waals surface area contributed by atoms with Crippen molar-refractivity contribution < 1.29 is 9.53 Å². The van der Waals surface area contributed by atoms with Crippen molar-refractivity contribution in [1.29, 1.82) is 0 Å². The maximum Gasteiger partial charge on any atom is 0.313 e. The quantitative estimate of drug-likeness (QED) is 0.462. The van der Waals surface area contributed by atoms with Crippen LogP contribution in [0.4, 0.5) is 0 Å². The molecule has 0 aromatic carbocycles. The molecular weight excluding hydrogens is 176 g/mol. The van der Waals surface area contributed by atoms with Crippen LogP contribution in [0, 0.1) is 5.92 Å². The van der Waals surface area contributed by atoms with Gasteiger partial charge in [-0.2, -0.15) is 0 Å². The summed E-state index contributed by atoms with van der Waals surface area (Å²) in [6.07, 6.45) is 4.24. The van der Waals surface area contributed by atoms with E-state index in [0.717, 1.165) is 18.4 Å². The van der Waals surface area contributed by atoms with Gasteiger partial charge >= 0.3 is 5.97 Å². The molecule has 0 bridgehead atoms. The summed E-state index contributed by atoms with van der Waals surface area (Å²) in [5, 5.41) is 0. The molecule has 0 N–H and O–H groups in total. The van der Waals surface area contributed by atoms with Gasteiger partial charge in [-0.1, -0.05) is 31.6 Å². The van der Waals surface area contributed by atoms with Crippen LogP contribution < -0.4 is 0 Å². The Morgan fingerprint density at radius 1 is 1.50 bits per heavy atom. The fraction of sp³-hybridized carbons (Fsp3) is 0.583. The predicted octanol–water partition coefficient (Wildman–Crippen LogP) is 3.10. The van der Waals surface area contributed by atoms with Gasteiger partial charge in [0.05, 0.1) is 12.5 Å². The van der Waals surface area contributed by atoms with Gasteiger partial charge in [0.15, 0.2) is 0 Å². The van der Waals surface area contributed by atoms with Crippen molar-refractivity contribution in [3.8, 4) is 0 Å². The second-order valence-electron chi connectivity index (χ2n) is 3.24. The first-order valence-electron chi connectivity index (χ1n) is 5.12. The van der Waals surface area contributed by atoms with E-state index in [-0.39, 0.29) is 11.9 Å². The molecule has 0 aliphatic heterocycles. The molecule has 0 aliphatic carbocycles. The molecule has 2 nitrogen and oxygen atoms in total. The number of esters is 1. The molecule has 1 atom stereocenters. The smallest absolute Gasteiger partial charge is 0.313 e. The van der Waals surface area contributed by atoms with Crippen molar-refractivity contribution in [3.05, 3.63) is 24.8 Å². The van der Waals surface area contributed by atoms with Gasteiger partial charge in [0.2, 0.25) is 0 Å². The van der Waals surface area contributed by atoms with E-state index in [4.69, 9.17) is 4.74 Å². The minimum absolute atomic E-state index is 0.175. The third-order valence-corrected chi connectivity index (χ3v) is 2.04. The monoisotopic (exact) mass is 196 g/mol. The minimum Gasteiger partial charge on any atom is -0.466 e. The van der Waals surface area contributed by atoms with Gasteiger partial charge in [-0.25, -0.2) is 0 Å². The summed E-state index contributed by atoms with van der Waals surface area (Å²) < 4.78 is 4.98. The van der Waals surface area contributed by atoms with Crippen LogP contribution in [-0.4, -0.2) is 12.6 Å².